The Labute approximate surface area is 275 Å². The first-order chi connectivity index (χ1) is 20.4. The van der Waals surface area contributed by atoms with Crippen molar-refractivity contribution in [2.24, 2.45) is 0 Å². The molecule has 3 aromatic rings. The van der Waals surface area contributed by atoms with E-state index in [0.29, 0.717) is 0 Å². The summed E-state index contributed by atoms with van der Waals surface area (Å²) in [6, 6.07) is 5.51. The monoisotopic (exact) mass is 830 g/mol. The van der Waals surface area contributed by atoms with Crippen molar-refractivity contribution in [3.05, 3.63) is 12.1 Å². The van der Waals surface area contributed by atoms with Crippen molar-refractivity contribution in [3.63, 3.8) is 0 Å². The molecule has 2 aromatic heterocycles. The Morgan fingerprint density at radius 1 is 0.571 bits per heavy atom. The molecule has 0 saturated carbocycles. The minimum absolute atomic E-state index is 0.980. The summed E-state index contributed by atoms with van der Waals surface area (Å²) in [5.41, 5.74) is 0. The molecule has 0 N–H and O–H groups in total. The van der Waals surface area contributed by atoms with Gasteiger partial charge in [-0.1, -0.05) is 0 Å². The van der Waals surface area contributed by atoms with E-state index >= 15 is 0 Å². The molecule has 0 amide bonds. The number of unbranched alkanes of at least 4 members (excludes halogenated alkanes) is 6. The van der Waals surface area contributed by atoms with Gasteiger partial charge < -0.3 is 0 Å². The van der Waals surface area contributed by atoms with Crippen LogP contribution in [-0.4, -0.2) is 51.0 Å². The second-order valence-electron chi connectivity index (χ2n) is 13.0. The molecule has 0 unspecified atom stereocenters. The molecule has 0 aliphatic carbocycles. The van der Waals surface area contributed by atoms with Gasteiger partial charge in [-0.05, 0) is 0 Å². The van der Waals surface area contributed by atoms with Crippen molar-refractivity contribution in [1.29, 1.82) is 0 Å². The van der Waals surface area contributed by atoms with Gasteiger partial charge in [0.2, 0.25) is 0 Å². The van der Waals surface area contributed by atoms with Gasteiger partial charge in [0.1, 0.15) is 0 Å². The molecule has 6 heteroatoms. The summed E-state index contributed by atoms with van der Waals surface area (Å²) in [4.78, 5) is 0. The Morgan fingerprint density at radius 2 is 1.02 bits per heavy atom. The zero-order valence-electron chi connectivity index (χ0n) is 28.5. The number of rotatable bonds is 22. The summed E-state index contributed by atoms with van der Waals surface area (Å²) in [5.74, 6) is 1.01. The van der Waals surface area contributed by atoms with Gasteiger partial charge in [-0.25, -0.2) is 0 Å². The molecule has 238 valence electrons. The fraction of sp³-hybridized carbons (Fsp3) is 0.722. The van der Waals surface area contributed by atoms with Crippen molar-refractivity contribution in [2.75, 3.05) is 14.2 Å². The summed E-state index contributed by atoms with van der Waals surface area (Å²) in [7, 11) is 3.71. The second kappa shape index (κ2) is 18.5. The van der Waals surface area contributed by atoms with E-state index < -0.39 is 36.8 Å². The molecule has 1 aromatic carbocycles. The number of methoxy groups -OCH3 is 2. The van der Waals surface area contributed by atoms with Gasteiger partial charge >= 0.3 is 278 Å². The number of hydrogen-bond acceptors (Lipinski definition) is 4. The number of ether oxygens (including phenoxy) is 2. The van der Waals surface area contributed by atoms with Gasteiger partial charge in [-0.2, -0.15) is 0 Å². The van der Waals surface area contributed by atoms with Crippen molar-refractivity contribution in [3.8, 4) is 10.8 Å². The molecule has 42 heavy (non-hydrogen) atoms. The van der Waals surface area contributed by atoms with Gasteiger partial charge in [0, 0.05) is 0 Å². The molecular formula is C36H62O2S2Sn2. The van der Waals surface area contributed by atoms with E-state index in [4.69, 9.17) is 9.47 Å². The molecule has 0 fully saturated rings. The van der Waals surface area contributed by atoms with Crippen LogP contribution in [0.5, 0.6) is 10.8 Å². The van der Waals surface area contributed by atoms with Crippen LogP contribution >= 0.6 is 22.7 Å². The Morgan fingerprint density at radius 3 is 1.43 bits per heavy atom. The molecule has 0 spiro atoms. The van der Waals surface area contributed by atoms with Crippen LogP contribution in [0.2, 0.25) is 26.6 Å². The quantitative estimate of drug-likeness (QED) is 0.0940. The molecule has 0 aliphatic rings. The average Bonchev–Trinajstić information content (AvgIpc) is 3.62. The van der Waals surface area contributed by atoms with Crippen molar-refractivity contribution in [1.82, 2.24) is 0 Å². The molecule has 2 heterocycles. The Bertz CT molecular complexity index is 1170. The van der Waals surface area contributed by atoms with E-state index in [-0.39, 0.29) is 0 Å². The van der Waals surface area contributed by atoms with Gasteiger partial charge in [0.15, 0.2) is 0 Å². The molecular weight excluding hydrogens is 766 g/mol. The molecule has 0 bridgehead atoms. The summed E-state index contributed by atoms with van der Waals surface area (Å²) in [6.45, 7) is 14.4. The summed E-state index contributed by atoms with van der Waals surface area (Å²) >= 11 is -1.15. The first-order valence-electron chi connectivity index (χ1n) is 17.6. The Balaban J connectivity index is 2.41. The first kappa shape index (κ1) is 36.8. The van der Waals surface area contributed by atoms with Gasteiger partial charge in [-0.3, -0.25) is 0 Å². The molecule has 2 nitrogen and oxygen atoms in total. The van der Waals surface area contributed by atoms with E-state index in [1.807, 2.05) is 32.0 Å². The second-order valence-corrected chi connectivity index (χ2v) is 42.3. The third kappa shape index (κ3) is 8.37. The number of benzene rings is 1. The van der Waals surface area contributed by atoms with Crippen LogP contribution in [-0.2, 0) is 0 Å². The zero-order valence-corrected chi connectivity index (χ0v) is 35.9. The van der Waals surface area contributed by atoms with Crippen molar-refractivity contribution >= 4 is 86.1 Å². The summed E-state index contributed by atoms with van der Waals surface area (Å²) in [5, 5.41) is 3.87. The topological polar surface area (TPSA) is 18.5 Å². The summed E-state index contributed by atoms with van der Waals surface area (Å²) in [6.07, 6.45) is 16.3. The predicted molar refractivity (Wildman–Crippen MR) is 199 cm³/mol. The first-order valence-corrected chi connectivity index (χ1v) is 34.2. The summed E-state index contributed by atoms with van der Waals surface area (Å²) < 4.78 is 28.2. The molecule has 0 atom stereocenters. The fourth-order valence-corrected chi connectivity index (χ4v) is 47.1. The zero-order chi connectivity index (χ0) is 30.6. The van der Waals surface area contributed by atoms with Crippen LogP contribution in [0.1, 0.15) is 119 Å². The molecule has 0 radical (unpaired) electrons. The van der Waals surface area contributed by atoms with E-state index in [9.17, 15) is 0 Å². The van der Waals surface area contributed by atoms with Crippen molar-refractivity contribution in [2.45, 2.75) is 145 Å². The average molecular weight is 828 g/mol. The van der Waals surface area contributed by atoms with Crippen LogP contribution in [0.25, 0.3) is 20.2 Å². The Hall–Kier alpha value is 0.337. The van der Waals surface area contributed by atoms with E-state index in [2.05, 4.69) is 65.0 Å². The molecule has 3 rings (SSSR count). The number of hydrogen-bond donors (Lipinski definition) is 0. The van der Waals surface area contributed by atoms with Crippen LogP contribution < -0.4 is 15.9 Å². The van der Waals surface area contributed by atoms with Crippen molar-refractivity contribution < 1.29 is 9.47 Å². The van der Waals surface area contributed by atoms with Crippen LogP contribution in [0.3, 0.4) is 0 Å². The number of fused-ring (bicyclic) bond motifs is 3. The third-order valence-electron chi connectivity index (χ3n) is 9.92. The number of thiophene rings is 2. The maximum atomic E-state index is 6.23. The minimum atomic E-state index is -2.73. The van der Waals surface area contributed by atoms with Gasteiger partial charge in [0.05, 0.1) is 0 Å². The van der Waals surface area contributed by atoms with Gasteiger partial charge in [0.25, 0.3) is 0 Å². The molecule has 0 aliphatic heterocycles. The van der Waals surface area contributed by atoms with E-state index in [1.165, 1.54) is 119 Å². The third-order valence-corrected chi connectivity index (χ3v) is 46.5. The fourth-order valence-electron chi connectivity index (χ4n) is 7.32. The predicted octanol–water partition coefficient (Wildman–Crippen LogP) is 12.2. The normalized spacial score (nSPS) is 12.6. The van der Waals surface area contributed by atoms with Crippen LogP contribution in [0, 0.1) is 0 Å². The maximum absolute atomic E-state index is 6.23. The Kier molecular flexibility index (Phi) is 16.2. The van der Waals surface area contributed by atoms with Gasteiger partial charge in [-0.15, -0.1) is 0 Å². The van der Waals surface area contributed by atoms with E-state index in [1.54, 1.807) is 4.70 Å². The van der Waals surface area contributed by atoms with Crippen LogP contribution in [0.15, 0.2) is 12.1 Å². The van der Waals surface area contributed by atoms with E-state index in [0.717, 1.165) is 10.8 Å². The van der Waals surface area contributed by atoms with Crippen LogP contribution in [0.4, 0.5) is 0 Å². The molecule has 0 saturated heterocycles. The SMILES string of the molecule is CCC[CH2][Sn]([CH2]CCC)([CH2]CCC)[c]1cc2c(c[c]([Sn]([CH2]CCC)([CH2]CCC)[CH2]CCC)c3sc(OC)c(OC)c32)s1. The standard InChI is InChI=1S/C12H8O2S2.6C4H9.2Sn/c1-13-11-10-7-5-6-15-8(7)3-4-9(10)16-12(11)14-2;6*1-3-4-2;;/h3,5H,1-2H3;6*1,3-4H2,2H3;;.